The van der Waals surface area contributed by atoms with Crippen molar-refractivity contribution in [1.82, 2.24) is 5.48 Å². The molecule has 0 radical (unpaired) electrons. The topological polar surface area (TPSA) is 55.4 Å². The van der Waals surface area contributed by atoms with Crippen molar-refractivity contribution in [2.45, 2.75) is 113 Å². The Labute approximate surface area is 225 Å². The Morgan fingerprint density at radius 2 is 1.73 bits per heavy atom. The summed E-state index contributed by atoms with van der Waals surface area (Å²) in [6.07, 6.45) is 14.8. The van der Waals surface area contributed by atoms with E-state index in [1.54, 1.807) is 6.08 Å². The van der Waals surface area contributed by atoms with Crippen molar-refractivity contribution in [2.75, 3.05) is 6.61 Å². The second-order valence-corrected chi connectivity index (χ2v) is 15.6. The van der Waals surface area contributed by atoms with Gasteiger partial charge in [0.25, 0.3) is 0 Å². The standard InChI is InChI=1S/C33H51NO3/c1-9-19-37-34-27(36)30(5)16-15-29(4)17-18-32(7)22(23(29)21-30)20-24(35)26-31(6)13-10-12-28(2,3)25(31)11-14-33(26,32)8/h9,20,23,25-26H,1,10-19,21H2,2-8H3,(H,34,36)/t23-,25?,26-,29-,30?,31+,32-,33-/m1/s1. The summed E-state index contributed by atoms with van der Waals surface area (Å²) in [6, 6.07) is 0. The fourth-order valence-corrected chi connectivity index (χ4v) is 10.8. The van der Waals surface area contributed by atoms with E-state index < -0.39 is 5.41 Å². The molecule has 0 aromatic heterocycles. The minimum Gasteiger partial charge on any atom is -0.295 e. The molecule has 5 aliphatic carbocycles. The van der Waals surface area contributed by atoms with Crippen LogP contribution in [0.5, 0.6) is 0 Å². The zero-order valence-electron chi connectivity index (χ0n) is 24.6. The van der Waals surface area contributed by atoms with Gasteiger partial charge in [-0.05, 0) is 103 Å². The van der Waals surface area contributed by atoms with Gasteiger partial charge in [0, 0.05) is 11.3 Å². The molecule has 0 aromatic rings. The summed E-state index contributed by atoms with van der Waals surface area (Å²) in [6.45, 7) is 20.8. The molecule has 0 heterocycles. The highest BCUT2D eigenvalue weighted by molar-refractivity contribution is 5.95. The van der Waals surface area contributed by atoms with Crippen LogP contribution in [0.25, 0.3) is 0 Å². The van der Waals surface area contributed by atoms with E-state index in [9.17, 15) is 9.59 Å². The first-order valence-corrected chi connectivity index (χ1v) is 15.0. The minimum absolute atomic E-state index is 0.000606. The van der Waals surface area contributed by atoms with E-state index in [-0.39, 0.29) is 39.4 Å². The van der Waals surface area contributed by atoms with E-state index in [2.05, 4.69) is 66.6 Å². The predicted octanol–water partition coefficient (Wildman–Crippen LogP) is 7.59. The Bertz CT molecular complexity index is 1030. The molecule has 4 nitrogen and oxygen atoms in total. The summed E-state index contributed by atoms with van der Waals surface area (Å²) in [7, 11) is 0. The molecule has 0 spiro atoms. The first-order valence-electron chi connectivity index (χ1n) is 15.0. The number of fused-ring (bicyclic) bond motifs is 7. The maximum absolute atomic E-state index is 14.4. The molecule has 8 atom stereocenters. The predicted molar refractivity (Wildman–Crippen MR) is 148 cm³/mol. The van der Waals surface area contributed by atoms with Crippen molar-refractivity contribution in [2.24, 2.45) is 50.2 Å². The lowest BCUT2D eigenvalue weighted by atomic mass is 9.33. The first kappa shape index (κ1) is 27.2. The fraction of sp³-hybridized carbons (Fsp3) is 0.818. The number of hydrogen-bond acceptors (Lipinski definition) is 3. The number of nitrogens with one attached hydrogen (secondary N) is 1. The zero-order valence-corrected chi connectivity index (χ0v) is 24.6. The Kier molecular flexibility index (Phi) is 6.27. The van der Waals surface area contributed by atoms with Gasteiger partial charge in [-0.15, -0.1) is 6.58 Å². The van der Waals surface area contributed by atoms with Gasteiger partial charge >= 0.3 is 0 Å². The zero-order chi connectivity index (χ0) is 27.1. The normalized spacial score (nSPS) is 48.5. The number of hydrogen-bond donors (Lipinski definition) is 1. The van der Waals surface area contributed by atoms with Crippen LogP contribution in [-0.4, -0.2) is 18.3 Å². The van der Waals surface area contributed by atoms with E-state index in [1.807, 2.05) is 0 Å². The van der Waals surface area contributed by atoms with Crippen molar-refractivity contribution >= 4 is 11.7 Å². The molecule has 4 heteroatoms. The summed E-state index contributed by atoms with van der Waals surface area (Å²) in [4.78, 5) is 33.0. The fourth-order valence-electron chi connectivity index (χ4n) is 10.8. The molecule has 5 rings (SSSR count). The van der Waals surface area contributed by atoms with Crippen molar-refractivity contribution in [3.63, 3.8) is 0 Å². The Morgan fingerprint density at radius 3 is 2.43 bits per heavy atom. The van der Waals surface area contributed by atoms with Gasteiger partial charge in [-0.25, -0.2) is 5.48 Å². The number of ketones is 1. The van der Waals surface area contributed by atoms with Gasteiger partial charge in [-0.3, -0.25) is 14.4 Å². The molecule has 0 aromatic carbocycles. The van der Waals surface area contributed by atoms with Gasteiger partial charge in [0.05, 0.1) is 6.61 Å². The minimum atomic E-state index is -0.498. The number of hydroxylamine groups is 1. The molecule has 4 saturated carbocycles. The summed E-state index contributed by atoms with van der Waals surface area (Å²) in [5.74, 6) is 1.32. The van der Waals surface area contributed by atoms with Gasteiger partial charge in [-0.2, -0.15) is 0 Å². The summed E-state index contributed by atoms with van der Waals surface area (Å²) < 4.78 is 0. The van der Waals surface area contributed by atoms with Crippen molar-refractivity contribution in [3.05, 3.63) is 24.3 Å². The van der Waals surface area contributed by atoms with Crippen LogP contribution in [0.15, 0.2) is 24.3 Å². The van der Waals surface area contributed by atoms with Crippen LogP contribution in [0.4, 0.5) is 0 Å². The van der Waals surface area contributed by atoms with Crippen LogP contribution in [-0.2, 0) is 14.4 Å². The van der Waals surface area contributed by atoms with E-state index in [1.165, 1.54) is 37.7 Å². The number of amides is 1. The molecule has 5 aliphatic rings. The molecular weight excluding hydrogens is 458 g/mol. The van der Waals surface area contributed by atoms with Crippen molar-refractivity contribution in [1.29, 1.82) is 0 Å². The molecule has 0 saturated heterocycles. The Hall–Kier alpha value is -1.42. The Morgan fingerprint density at radius 1 is 1.03 bits per heavy atom. The number of carbonyl (C=O) groups is 2. The largest absolute Gasteiger partial charge is 0.295 e. The number of allylic oxidation sites excluding steroid dienone is 2. The quantitative estimate of drug-likeness (QED) is 0.241. The van der Waals surface area contributed by atoms with Crippen LogP contribution in [0.2, 0.25) is 0 Å². The first-order chi connectivity index (χ1) is 17.2. The van der Waals surface area contributed by atoms with E-state index in [4.69, 9.17) is 4.84 Å². The van der Waals surface area contributed by atoms with Crippen molar-refractivity contribution in [3.8, 4) is 0 Å². The maximum Gasteiger partial charge on any atom is 0.249 e. The molecule has 0 bridgehead atoms. The van der Waals surface area contributed by atoms with Crippen LogP contribution in [0.3, 0.4) is 0 Å². The summed E-state index contributed by atoms with van der Waals surface area (Å²) >= 11 is 0. The SMILES string of the molecule is C=CCONC(=O)C1(C)CC[C@]2(C)CC[C@]3(C)C(=CC(=O)[C@@H]4[C@@]5(C)CCCC(C)(C)C5CC[C@]43C)[C@H]2C1. The van der Waals surface area contributed by atoms with E-state index >= 15 is 0 Å². The third-order valence-electron chi connectivity index (χ3n) is 13.2. The summed E-state index contributed by atoms with van der Waals surface area (Å²) in [5, 5.41) is 0. The molecule has 2 unspecified atom stereocenters. The summed E-state index contributed by atoms with van der Waals surface area (Å²) in [5.41, 5.74) is 4.05. The van der Waals surface area contributed by atoms with Crippen LogP contribution in [0, 0.1) is 50.2 Å². The van der Waals surface area contributed by atoms with Crippen molar-refractivity contribution < 1.29 is 14.4 Å². The smallest absolute Gasteiger partial charge is 0.249 e. The van der Waals surface area contributed by atoms with E-state index in [0.29, 0.717) is 23.7 Å². The molecular formula is C33H51NO3. The number of carbonyl (C=O) groups excluding carboxylic acids is 2. The third kappa shape index (κ3) is 3.70. The molecule has 4 fully saturated rings. The van der Waals surface area contributed by atoms with Crippen LogP contribution >= 0.6 is 0 Å². The van der Waals surface area contributed by atoms with Gasteiger partial charge in [0.15, 0.2) is 5.78 Å². The molecule has 0 aliphatic heterocycles. The van der Waals surface area contributed by atoms with Gasteiger partial charge in [-0.1, -0.05) is 66.5 Å². The Balaban J connectivity index is 1.54. The second kappa shape index (κ2) is 8.54. The monoisotopic (exact) mass is 509 g/mol. The lowest BCUT2D eigenvalue weighted by Crippen LogP contribution is -2.65. The average molecular weight is 510 g/mol. The third-order valence-corrected chi connectivity index (χ3v) is 13.2. The highest BCUT2D eigenvalue weighted by atomic mass is 16.6. The van der Waals surface area contributed by atoms with Gasteiger partial charge < -0.3 is 0 Å². The number of rotatable bonds is 4. The molecule has 206 valence electrons. The average Bonchev–Trinajstić information content (AvgIpc) is 2.81. The van der Waals surface area contributed by atoms with Crippen LogP contribution < -0.4 is 5.48 Å². The molecule has 1 amide bonds. The van der Waals surface area contributed by atoms with Crippen LogP contribution in [0.1, 0.15) is 113 Å². The maximum atomic E-state index is 14.4. The van der Waals surface area contributed by atoms with Gasteiger partial charge in [0.1, 0.15) is 0 Å². The lowest BCUT2D eigenvalue weighted by Gasteiger charge is -2.70. The highest BCUT2D eigenvalue weighted by Crippen LogP contribution is 2.75. The highest BCUT2D eigenvalue weighted by Gasteiger charge is 2.69. The van der Waals surface area contributed by atoms with E-state index in [0.717, 1.165) is 32.1 Å². The second-order valence-electron chi connectivity index (χ2n) is 15.6. The lowest BCUT2D eigenvalue weighted by molar-refractivity contribution is -0.185. The molecule has 37 heavy (non-hydrogen) atoms. The molecule has 1 N–H and O–H groups in total. The van der Waals surface area contributed by atoms with Gasteiger partial charge in [0.2, 0.25) is 5.91 Å².